The van der Waals surface area contributed by atoms with Crippen molar-refractivity contribution in [2.75, 3.05) is 0 Å². The topological polar surface area (TPSA) is 91.9 Å². The van der Waals surface area contributed by atoms with Crippen LogP contribution in [0.15, 0.2) is 41.5 Å². The first-order valence-electron chi connectivity index (χ1n) is 9.80. The molecule has 0 aliphatic heterocycles. The van der Waals surface area contributed by atoms with Gasteiger partial charge >= 0.3 is 5.97 Å². The number of aryl methyl sites for hydroxylation is 2. The molecule has 4 rings (SSSR count). The monoisotopic (exact) mass is 409 g/mol. The number of hydrogen-bond acceptors (Lipinski definition) is 3. The summed E-state index contributed by atoms with van der Waals surface area (Å²) >= 11 is 0. The van der Waals surface area contributed by atoms with Crippen LogP contribution < -0.4 is 10.2 Å². The molecule has 0 spiro atoms. The molecular formula is C22H22FN4O3+. The van der Waals surface area contributed by atoms with Crippen LogP contribution in [0.1, 0.15) is 41.9 Å². The van der Waals surface area contributed by atoms with Crippen molar-refractivity contribution >= 4 is 17.6 Å². The fourth-order valence-electron chi connectivity index (χ4n) is 3.75. The van der Waals surface area contributed by atoms with Crippen molar-refractivity contribution in [3.05, 3.63) is 75.5 Å². The van der Waals surface area contributed by atoms with E-state index < -0.39 is 11.8 Å². The number of allylic oxidation sites excluding steroid dienone is 1. The zero-order chi connectivity index (χ0) is 21.3. The number of carboxylic acid groups (broad SMARTS) is 1. The SMILES string of the molecule is C[n+]1cc(C2=Cc3nc(CCCC(=O)O)n(-c4ccc(F)cc4)c(=O)c3CC2)c[nH]1. The minimum Gasteiger partial charge on any atom is -0.481 e. The van der Waals surface area contributed by atoms with Crippen LogP contribution in [0.4, 0.5) is 4.39 Å². The summed E-state index contributed by atoms with van der Waals surface area (Å²) in [4.78, 5) is 29.0. The minimum atomic E-state index is -0.897. The van der Waals surface area contributed by atoms with Gasteiger partial charge in [0.25, 0.3) is 5.56 Å². The van der Waals surface area contributed by atoms with Gasteiger partial charge in [0.05, 0.1) is 23.1 Å². The molecule has 3 aromatic rings. The molecule has 0 amide bonds. The van der Waals surface area contributed by atoms with Crippen LogP contribution in [0.2, 0.25) is 0 Å². The largest absolute Gasteiger partial charge is 0.481 e. The van der Waals surface area contributed by atoms with E-state index in [0.717, 1.165) is 11.1 Å². The molecule has 0 bridgehead atoms. The van der Waals surface area contributed by atoms with E-state index in [0.29, 0.717) is 48.5 Å². The Bertz CT molecular complexity index is 1190. The molecule has 1 aliphatic rings. The van der Waals surface area contributed by atoms with Crippen LogP contribution in [0.3, 0.4) is 0 Å². The maximum absolute atomic E-state index is 13.4. The van der Waals surface area contributed by atoms with E-state index in [1.807, 2.05) is 30.2 Å². The summed E-state index contributed by atoms with van der Waals surface area (Å²) in [6.45, 7) is 0. The number of H-pyrrole nitrogens is 1. The summed E-state index contributed by atoms with van der Waals surface area (Å²) in [7, 11) is 1.90. The van der Waals surface area contributed by atoms with Gasteiger partial charge in [-0.05, 0) is 55.2 Å². The van der Waals surface area contributed by atoms with E-state index in [1.165, 1.54) is 28.8 Å². The molecule has 8 heteroatoms. The summed E-state index contributed by atoms with van der Waals surface area (Å²) in [5.41, 5.74) is 3.70. The Morgan fingerprint density at radius 1 is 1.30 bits per heavy atom. The van der Waals surface area contributed by atoms with E-state index >= 15 is 0 Å². The molecule has 0 fully saturated rings. The highest BCUT2D eigenvalue weighted by molar-refractivity contribution is 5.82. The smallest absolute Gasteiger partial charge is 0.303 e. The average Bonchev–Trinajstić information content (AvgIpc) is 3.15. The molecule has 2 heterocycles. The van der Waals surface area contributed by atoms with Gasteiger partial charge in [0.1, 0.15) is 11.6 Å². The Kier molecular flexibility index (Phi) is 5.31. The molecule has 2 aromatic heterocycles. The van der Waals surface area contributed by atoms with Gasteiger partial charge in [-0.3, -0.25) is 14.2 Å². The second-order valence-electron chi connectivity index (χ2n) is 7.39. The Balaban J connectivity index is 1.81. The van der Waals surface area contributed by atoms with Gasteiger partial charge < -0.3 is 5.11 Å². The lowest BCUT2D eigenvalue weighted by atomic mass is 9.93. The highest BCUT2D eigenvalue weighted by Gasteiger charge is 2.22. The minimum absolute atomic E-state index is 0.0166. The second-order valence-corrected chi connectivity index (χ2v) is 7.39. The summed E-state index contributed by atoms with van der Waals surface area (Å²) in [6.07, 6.45) is 7.74. The number of aliphatic carboxylic acids is 1. The molecular weight excluding hydrogens is 387 g/mol. The zero-order valence-electron chi connectivity index (χ0n) is 16.6. The van der Waals surface area contributed by atoms with Crippen LogP contribution in [-0.4, -0.2) is 25.7 Å². The zero-order valence-corrected chi connectivity index (χ0v) is 16.6. The third kappa shape index (κ3) is 3.94. The third-order valence-electron chi connectivity index (χ3n) is 5.24. The Morgan fingerprint density at radius 2 is 2.07 bits per heavy atom. The lowest BCUT2D eigenvalue weighted by Gasteiger charge is -2.19. The first-order valence-corrected chi connectivity index (χ1v) is 9.80. The first-order chi connectivity index (χ1) is 14.4. The molecule has 0 unspecified atom stereocenters. The summed E-state index contributed by atoms with van der Waals surface area (Å²) in [5.74, 6) is -0.813. The number of nitrogens with zero attached hydrogens (tertiary/aromatic N) is 3. The average molecular weight is 409 g/mol. The summed E-state index contributed by atoms with van der Waals surface area (Å²) < 4.78 is 16.7. The van der Waals surface area contributed by atoms with E-state index in [9.17, 15) is 14.0 Å². The van der Waals surface area contributed by atoms with Crippen LogP contribution in [0, 0.1) is 5.82 Å². The molecule has 154 valence electrons. The number of fused-ring (bicyclic) bond motifs is 1. The molecule has 0 saturated carbocycles. The molecule has 0 radical (unpaired) electrons. The number of rotatable bonds is 6. The molecule has 2 N–H and O–H groups in total. The maximum atomic E-state index is 13.4. The van der Waals surface area contributed by atoms with Crippen molar-refractivity contribution in [2.24, 2.45) is 7.05 Å². The van der Waals surface area contributed by atoms with Crippen molar-refractivity contribution < 1.29 is 19.0 Å². The summed E-state index contributed by atoms with van der Waals surface area (Å²) in [6, 6.07) is 5.67. The third-order valence-corrected chi connectivity index (χ3v) is 5.24. The number of nitrogens with one attached hydrogen (secondary N) is 1. The normalized spacial score (nSPS) is 13.1. The van der Waals surface area contributed by atoms with Crippen molar-refractivity contribution in [2.45, 2.75) is 32.1 Å². The molecule has 1 aliphatic carbocycles. The number of benzene rings is 1. The van der Waals surface area contributed by atoms with Gasteiger partial charge in [0.15, 0.2) is 7.05 Å². The van der Waals surface area contributed by atoms with Gasteiger partial charge in [-0.15, -0.1) is 4.68 Å². The Hall–Kier alpha value is -3.55. The highest BCUT2D eigenvalue weighted by Crippen LogP contribution is 2.28. The number of carboxylic acids is 1. The highest BCUT2D eigenvalue weighted by atomic mass is 19.1. The standard InChI is InChI=1S/C22H21FN4O3/c1-26-13-15(12-24-26)14-5-10-18-19(11-14)25-20(3-2-4-21(28)29)27(22(18)30)17-8-6-16(23)7-9-17/h6-9,11-13H,2-5,10H2,1H3,(H,28,29)/p+1. The van der Waals surface area contributed by atoms with Crippen molar-refractivity contribution in [1.82, 2.24) is 14.6 Å². The Morgan fingerprint density at radius 3 is 2.73 bits per heavy atom. The van der Waals surface area contributed by atoms with Crippen LogP contribution in [-0.2, 0) is 24.7 Å². The summed E-state index contributed by atoms with van der Waals surface area (Å²) in [5, 5.41) is 12.1. The molecule has 30 heavy (non-hydrogen) atoms. The van der Waals surface area contributed by atoms with E-state index in [1.54, 1.807) is 0 Å². The van der Waals surface area contributed by atoms with Gasteiger partial charge in [-0.25, -0.2) is 9.37 Å². The number of carbonyl (C=O) groups is 1. The number of halogens is 1. The first kappa shape index (κ1) is 19.8. The van der Waals surface area contributed by atoms with Gasteiger partial charge in [0.2, 0.25) is 6.20 Å². The van der Waals surface area contributed by atoms with E-state index in [4.69, 9.17) is 10.1 Å². The van der Waals surface area contributed by atoms with E-state index in [-0.39, 0.29) is 12.0 Å². The lowest BCUT2D eigenvalue weighted by Crippen LogP contribution is -2.29. The molecule has 0 saturated heterocycles. The fraction of sp³-hybridized carbons (Fsp3) is 0.273. The maximum Gasteiger partial charge on any atom is 0.303 e. The van der Waals surface area contributed by atoms with Crippen LogP contribution in [0.25, 0.3) is 17.3 Å². The van der Waals surface area contributed by atoms with Gasteiger partial charge in [-0.2, -0.15) is 5.10 Å². The van der Waals surface area contributed by atoms with Crippen molar-refractivity contribution in [1.29, 1.82) is 0 Å². The number of hydrogen-bond donors (Lipinski definition) is 2. The molecule has 7 nitrogen and oxygen atoms in total. The molecule has 1 aromatic carbocycles. The van der Waals surface area contributed by atoms with Gasteiger partial charge in [0, 0.05) is 18.4 Å². The van der Waals surface area contributed by atoms with Crippen LogP contribution >= 0.6 is 0 Å². The number of aromatic nitrogens is 4. The lowest BCUT2D eigenvalue weighted by molar-refractivity contribution is -0.726. The fourth-order valence-corrected chi connectivity index (χ4v) is 3.75. The van der Waals surface area contributed by atoms with Crippen LogP contribution in [0.5, 0.6) is 0 Å². The van der Waals surface area contributed by atoms with Gasteiger partial charge in [-0.1, -0.05) is 0 Å². The quantitative estimate of drug-likeness (QED) is 0.612. The number of aromatic amines is 1. The second kappa shape index (κ2) is 8.06. The Labute approximate surface area is 172 Å². The van der Waals surface area contributed by atoms with E-state index in [2.05, 4.69) is 5.10 Å². The predicted octanol–water partition coefficient (Wildman–Crippen LogP) is 2.42. The van der Waals surface area contributed by atoms with Crippen molar-refractivity contribution in [3.63, 3.8) is 0 Å². The van der Waals surface area contributed by atoms with Crippen molar-refractivity contribution in [3.8, 4) is 5.69 Å². The molecule has 0 atom stereocenters. The predicted molar refractivity (Wildman–Crippen MR) is 109 cm³/mol.